The number of aryl methyl sites for hydroxylation is 1. The lowest BCUT2D eigenvalue weighted by Gasteiger charge is -2.22. The molecule has 0 aliphatic heterocycles. The second-order valence-corrected chi connectivity index (χ2v) is 7.15. The van der Waals surface area contributed by atoms with E-state index < -0.39 is 11.6 Å². The van der Waals surface area contributed by atoms with Crippen LogP contribution in [-0.4, -0.2) is 0 Å². The van der Waals surface area contributed by atoms with Gasteiger partial charge >= 0.3 is 0 Å². The fourth-order valence-electron chi connectivity index (χ4n) is 3.64. The maximum Gasteiger partial charge on any atom is 0.166 e. The third-order valence-electron chi connectivity index (χ3n) is 5.33. The lowest BCUT2D eigenvalue weighted by Crippen LogP contribution is -2.05. The van der Waals surface area contributed by atoms with E-state index in [1.807, 2.05) is 24.3 Å². The molecular weight excluding hydrogens is 314 g/mol. The van der Waals surface area contributed by atoms with Crippen LogP contribution in [0.1, 0.15) is 56.6 Å². The second kappa shape index (κ2) is 7.95. The van der Waals surface area contributed by atoms with E-state index in [9.17, 15) is 8.78 Å². The minimum absolute atomic E-state index is 0.326. The maximum absolute atomic E-state index is 14.2. The lowest BCUT2D eigenvalue weighted by atomic mass is 9.84. The van der Waals surface area contributed by atoms with Gasteiger partial charge in [0.25, 0.3) is 0 Å². The molecule has 1 aliphatic rings. The van der Waals surface area contributed by atoms with Crippen LogP contribution in [0.2, 0.25) is 0 Å². The van der Waals surface area contributed by atoms with E-state index in [-0.39, 0.29) is 0 Å². The Balaban J connectivity index is 1.75. The van der Waals surface area contributed by atoms with Crippen LogP contribution in [0.4, 0.5) is 8.78 Å². The van der Waals surface area contributed by atoms with Crippen LogP contribution in [-0.2, 0) is 0 Å². The number of allylic oxidation sites excluding steroid dienone is 2. The summed E-state index contributed by atoms with van der Waals surface area (Å²) in [6, 6.07) is 11.1. The molecule has 0 amide bonds. The van der Waals surface area contributed by atoms with Gasteiger partial charge < -0.3 is 0 Å². The average Bonchev–Trinajstić information content (AvgIpc) is 2.65. The van der Waals surface area contributed by atoms with E-state index in [1.54, 1.807) is 19.1 Å². The Kier molecular flexibility index (Phi) is 5.67. The van der Waals surface area contributed by atoms with Gasteiger partial charge in [-0.2, -0.15) is 0 Å². The van der Waals surface area contributed by atoms with E-state index in [0.717, 1.165) is 24.3 Å². The van der Waals surface area contributed by atoms with Gasteiger partial charge in [-0.15, -0.1) is 0 Å². The summed E-state index contributed by atoms with van der Waals surface area (Å²) in [6.07, 6.45) is 9.82. The standard InChI is InChI=1S/C23H26F2/c1-3-4-5-17-7-9-18(10-8-17)19-11-13-20(14-12-19)21-15-6-16(2)22(24)23(21)25/h6,9,11-15,17H,3-5,7-8,10H2,1-2H3. The number of benzene rings is 2. The molecular formula is C23H26F2. The smallest absolute Gasteiger partial charge is 0.166 e. The van der Waals surface area contributed by atoms with Gasteiger partial charge in [0.2, 0.25) is 0 Å². The molecule has 0 nitrogen and oxygen atoms in total. The number of halogens is 2. The fourth-order valence-corrected chi connectivity index (χ4v) is 3.64. The summed E-state index contributed by atoms with van der Waals surface area (Å²) in [5, 5.41) is 0. The monoisotopic (exact) mass is 340 g/mol. The molecule has 3 rings (SSSR count). The van der Waals surface area contributed by atoms with E-state index in [0.29, 0.717) is 11.1 Å². The summed E-state index contributed by atoms with van der Waals surface area (Å²) in [6.45, 7) is 3.82. The molecule has 2 heteroatoms. The summed E-state index contributed by atoms with van der Waals surface area (Å²) in [7, 11) is 0. The molecule has 25 heavy (non-hydrogen) atoms. The van der Waals surface area contributed by atoms with E-state index >= 15 is 0 Å². The Labute approximate surface area is 149 Å². The predicted octanol–water partition coefficient (Wildman–Crippen LogP) is 7.31. The molecule has 0 saturated heterocycles. The predicted molar refractivity (Wildman–Crippen MR) is 101 cm³/mol. The highest BCUT2D eigenvalue weighted by atomic mass is 19.2. The topological polar surface area (TPSA) is 0 Å². The van der Waals surface area contributed by atoms with Gasteiger partial charge in [0, 0.05) is 5.56 Å². The molecule has 0 fully saturated rings. The van der Waals surface area contributed by atoms with E-state index in [1.165, 1.54) is 36.8 Å². The molecule has 0 heterocycles. The molecule has 132 valence electrons. The van der Waals surface area contributed by atoms with Crippen molar-refractivity contribution in [2.24, 2.45) is 5.92 Å². The number of rotatable bonds is 5. The summed E-state index contributed by atoms with van der Waals surface area (Å²) >= 11 is 0. The Morgan fingerprint density at radius 1 is 0.960 bits per heavy atom. The van der Waals surface area contributed by atoms with Gasteiger partial charge in [-0.3, -0.25) is 0 Å². The molecule has 1 unspecified atom stereocenters. The van der Waals surface area contributed by atoms with Crippen molar-refractivity contribution < 1.29 is 8.78 Å². The van der Waals surface area contributed by atoms with Crippen molar-refractivity contribution >= 4 is 5.57 Å². The van der Waals surface area contributed by atoms with Crippen molar-refractivity contribution in [1.82, 2.24) is 0 Å². The van der Waals surface area contributed by atoms with E-state index in [2.05, 4.69) is 13.0 Å². The molecule has 0 aromatic heterocycles. The summed E-state index contributed by atoms with van der Waals surface area (Å²) in [4.78, 5) is 0. The fraction of sp³-hybridized carbons (Fsp3) is 0.391. The SMILES string of the molecule is CCCCC1CC=C(c2ccc(-c3ccc(C)c(F)c3F)cc2)CC1. The number of hydrogen-bond donors (Lipinski definition) is 0. The molecule has 0 radical (unpaired) electrons. The molecule has 0 saturated carbocycles. The summed E-state index contributed by atoms with van der Waals surface area (Å²) in [5.41, 5.74) is 3.97. The Morgan fingerprint density at radius 2 is 1.68 bits per heavy atom. The van der Waals surface area contributed by atoms with Crippen molar-refractivity contribution in [3.8, 4) is 11.1 Å². The van der Waals surface area contributed by atoms with Gasteiger partial charge in [0.05, 0.1) is 0 Å². The quantitative estimate of drug-likeness (QED) is 0.535. The van der Waals surface area contributed by atoms with Crippen molar-refractivity contribution in [1.29, 1.82) is 0 Å². The zero-order chi connectivity index (χ0) is 17.8. The minimum atomic E-state index is -0.761. The van der Waals surface area contributed by atoms with Gasteiger partial charge in [-0.1, -0.05) is 68.7 Å². The molecule has 2 aromatic rings. The first-order valence-electron chi connectivity index (χ1n) is 9.34. The molecule has 0 bridgehead atoms. The highest BCUT2D eigenvalue weighted by molar-refractivity contribution is 5.71. The van der Waals surface area contributed by atoms with Gasteiger partial charge in [-0.05, 0) is 54.4 Å². The molecule has 0 spiro atoms. The highest BCUT2D eigenvalue weighted by Gasteiger charge is 2.16. The highest BCUT2D eigenvalue weighted by Crippen LogP contribution is 2.34. The zero-order valence-electron chi connectivity index (χ0n) is 15.1. The first kappa shape index (κ1) is 17.8. The van der Waals surface area contributed by atoms with Crippen LogP contribution < -0.4 is 0 Å². The van der Waals surface area contributed by atoms with Crippen molar-refractivity contribution in [2.45, 2.75) is 52.4 Å². The van der Waals surface area contributed by atoms with Crippen molar-refractivity contribution in [3.05, 3.63) is 65.2 Å². The Bertz CT molecular complexity index is 756. The average molecular weight is 340 g/mol. The third-order valence-corrected chi connectivity index (χ3v) is 5.33. The number of unbranched alkanes of at least 4 members (excludes halogenated alkanes) is 1. The van der Waals surface area contributed by atoms with Crippen LogP contribution in [0.3, 0.4) is 0 Å². The third kappa shape index (κ3) is 4.00. The lowest BCUT2D eigenvalue weighted by molar-refractivity contribution is 0.434. The Morgan fingerprint density at radius 3 is 2.32 bits per heavy atom. The van der Waals surface area contributed by atoms with Crippen LogP contribution in [0.5, 0.6) is 0 Å². The van der Waals surface area contributed by atoms with E-state index in [4.69, 9.17) is 0 Å². The molecule has 2 aromatic carbocycles. The first-order chi connectivity index (χ1) is 12.1. The van der Waals surface area contributed by atoms with Crippen molar-refractivity contribution in [3.63, 3.8) is 0 Å². The zero-order valence-corrected chi connectivity index (χ0v) is 15.1. The summed E-state index contributed by atoms with van der Waals surface area (Å²) in [5.74, 6) is -0.689. The van der Waals surface area contributed by atoms with Crippen LogP contribution >= 0.6 is 0 Å². The second-order valence-electron chi connectivity index (χ2n) is 7.15. The van der Waals surface area contributed by atoms with Gasteiger partial charge in [-0.25, -0.2) is 8.78 Å². The van der Waals surface area contributed by atoms with Crippen LogP contribution in [0.15, 0.2) is 42.5 Å². The van der Waals surface area contributed by atoms with Gasteiger partial charge in [0.1, 0.15) is 0 Å². The van der Waals surface area contributed by atoms with Crippen molar-refractivity contribution in [2.75, 3.05) is 0 Å². The minimum Gasteiger partial charge on any atom is -0.203 e. The maximum atomic E-state index is 14.2. The largest absolute Gasteiger partial charge is 0.203 e. The molecule has 1 atom stereocenters. The Hall–Kier alpha value is -1.96. The first-order valence-corrected chi connectivity index (χ1v) is 9.34. The normalized spacial score (nSPS) is 17.4. The molecule has 0 N–H and O–H groups in total. The van der Waals surface area contributed by atoms with Gasteiger partial charge in [0.15, 0.2) is 11.6 Å². The van der Waals surface area contributed by atoms with Crippen LogP contribution in [0, 0.1) is 24.5 Å². The number of hydrogen-bond acceptors (Lipinski definition) is 0. The van der Waals surface area contributed by atoms with Crippen LogP contribution in [0.25, 0.3) is 16.7 Å². The summed E-state index contributed by atoms with van der Waals surface area (Å²) < 4.78 is 27.9. The molecule has 1 aliphatic carbocycles.